The van der Waals surface area contributed by atoms with Gasteiger partial charge in [-0.25, -0.2) is 0 Å². The van der Waals surface area contributed by atoms with Gasteiger partial charge in [0.25, 0.3) is 11.7 Å². The number of hydrogen-bond acceptors (Lipinski definition) is 6. The van der Waals surface area contributed by atoms with E-state index in [1.54, 1.807) is 24.3 Å². The molecule has 0 aliphatic carbocycles. The van der Waals surface area contributed by atoms with Crippen LogP contribution in [-0.2, 0) is 9.59 Å². The van der Waals surface area contributed by atoms with Gasteiger partial charge in [-0.3, -0.25) is 14.6 Å². The van der Waals surface area contributed by atoms with Crippen LogP contribution < -0.4 is 4.74 Å². The molecule has 0 spiro atoms. The molecule has 0 radical (unpaired) electrons. The summed E-state index contributed by atoms with van der Waals surface area (Å²) >= 11 is 0. The average molecular weight is 382 g/mol. The van der Waals surface area contributed by atoms with Crippen LogP contribution in [0.4, 0.5) is 0 Å². The molecule has 3 rings (SSSR count). The first-order valence-corrected chi connectivity index (χ1v) is 9.05. The maximum atomic E-state index is 12.8. The quantitative estimate of drug-likeness (QED) is 0.453. The van der Waals surface area contributed by atoms with Gasteiger partial charge in [-0.1, -0.05) is 19.4 Å². The number of rotatable bonds is 6. The van der Waals surface area contributed by atoms with Gasteiger partial charge in [-0.15, -0.1) is 0 Å². The number of ether oxygens (including phenoxy) is 1. The molecule has 2 N–H and O–H groups in total. The Morgan fingerprint density at radius 1 is 1.21 bits per heavy atom. The van der Waals surface area contributed by atoms with Gasteiger partial charge >= 0.3 is 0 Å². The van der Waals surface area contributed by atoms with Crippen LogP contribution in [0.3, 0.4) is 0 Å². The molecule has 146 valence electrons. The van der Waals surface area contributed by atoms with E-state index in [-0.39, 0.29) is 22.8 Å². The first kappa shape index (κ1) is 19.4. The van der Waals surface area contributed by atoms with Gasteiger partial charge in [0.1, 0.15) is 5.76 Å². The number of amides is 1. The van der Waals surface area contributed by atoms with Crippen molar-refractivity contribution < 1.29 is 24.5 Å². The maximum absolute atomic E-state index is 12.8. The van der Waals surface area contributed by atoms with Crippen molar-refractivity contribution >= 4 is 17.4 Å². The van der Waals surface area contributed by atoms with Crippen LogP contribution >= 0.6 is 0 Å². The molecule has 1 atom stereocenters. The minimum Gasteiger partial charge on any atom is -0.507 e. The van der Waals surface area contributed by atoms with Crippen molar-refractivity contribution in [2.75, 3.05) is 13.7 Å². The Labute approximate surface area is 162 Å². The second-order valence-electron chi connectivity index (χ2n) is 6.51. The molecule has 0 saturated carbocycles. The molecule has 0 bridgehead atoms. The standard InChI is InChI=1S/C21H22N2O5/c1-3-4-11-23-18(14-5-6-16(28-2)15(24)12-14)17(20(26)21(23)27)19(25)13-7-9-22-10-8-13/h5-10,12,18,24-25H,3-4,11H2,1-2H3/b19-17-. The highest BCUT2D eigenvalue weighted by atomic mass is 16.5. The number of aromatic nitrogens is 1. The monoisotopic (exact) mass is 382 g/mol. The van der Waals surface area contributed by atoms with Crippen molar-refractivity contribution in [2.24, 2.45) is 0 Å². The number of aliphatic hydroxyl groups is 1. The molecule has 7 nitrogen and oxygen atoms in total. The van der Waals surface area contributed by atoms with Gasteiger partial charge in [-0.05, 0) is 36.2 Å². The van der Waals surface area contributed by atoms with Crippen LogP contribution in [0.25, 0.3) is 5.76 Å². The van der Waals surface area contributed by atoms with Crippen molar-refractivity contribution in [1.29, 1.82) is 0 Å². The number of phenolic OH excluding ortho intramolecular Hbond substituents is 1. The van der Waals surface area contributed by atoms with Crippen molar-refractivity contribution in [1.82, 2.24) is 9.88 Å². The lowest BCUT2D eigenvalue weighted by atomic mass is 9.95. The van der Waals surface area contributed by atoms with Crippen molar-refractivity contribution in [2.45, 2.75) is 25.8 Å². The molecule has 1 unspecified atom stereocenters. The third-order valence-corrected chi connectivity index (χ3v) is 4.76. The molecular formula is C21H22N2O5. The van der Waals surface area contributed by atoms with Gasteiger partial charge in [-0.2, -0.15) is 0 Å². The number of ketones is 1. The molecule has 1 fully saturated rings. The van der Waals surface area contributed by atoms with Crippen LogP contribution in [0.1, 0.15) is 36.9 Å². The largest absolute Gasteiger partial charge is 0.507 e. The number of benzene rings is 1. The Hall–Kier alpha value is -3.35. The van der Waals surface area contributed by atoms with Crippen molar-refractivity contribution in [3.63, 3.8) is 0 Å². The summed E-state index contributed by atoms with van der Waals surface area (Å²) in [5.41, 5.74) is 0.910. The number of aromatic hydroxyl groups is 1. The number of unbranched alkanes of at least 4 members (excludes halogenated alkanes) is 1. The Bertz CT molecular complexity index is 924. The molecule has 1 amide bonds. The predicted octanol–water partition coefficient (Wildman–Crippen LogP) is 3.02. The normalized spacial score (nSPS) is 18.5. The smallest absolute Gasteiger partial charge is 0.295 e. The van der Waals surface area contributed by atoms with E-state index < -0.39 is 17.7 Å². The lowest BCUT2D eigenvalue weighted by molar-refractivity contribution is -0.139. The minimum absolute atomic E-state index is 0.00290. The number of hydrogen-bond donors (Lipinski definition) is 2. The van der Waals surface area contributed by atoms with Gasteiger partial charge in [0.2, 0.25) is 0 Å². The first-order chi connectivity index (χ1) is 13.5. The highest BCUT2D eigenvalue weighted by molar-refractivity contribution is 6.46. The Balaban J connectivity index is 2.17. The van der Waals surface area contributed by atoms with Crippen LogP contribution in [-0.4, -0.2) is 45.4 Å². The molecule has 28 heavy (non-hydrogen) atoms. The van der Waals surface area contributed by atoms with E-state index in [0.29, 0.717) is 24.1 Å². The van der Waals surface area contributed by atoms with E-state index in [4.69, 9.17) is 4.74 Å². The van der Waals surface area contributed by atoms with E-state index in [1.807, 2.05) is 6.92 Å². The average Bonchev–Trinajstić information content (AvgIpc) is 2.97. The molecular weight excluding hydrogens is 360 g/mol. The molecule has 2 heterocycles. The number of methoxy groups -OCH3 is 1. The zero-order valence-electron chi connectivity index (χ0n) is 15.8. The van der Waals surface area contributed by atoms with E-state index in [9.17, 15) is 19.8 Å². The predicted molar refractivity (Wildman–Crippen MR) is 103 cm³/mol. The molecule has 2 aromatic rings. The summed E-state index contributed by atoms with van der Waals surface area (Å²) in [5.74, 6) is -1.50. The van der Waals surface area contributed by atoms with Crippen molar-refractivity contribution in [3.05, 3.63) is 59.4 Å². The number of pyridine rings is 1. The fourth-order valence-electron chi connectivity index (χ4n) is 3.33. The Morgan fingerprint density at radius 3 is 2.54 bits per heavy atom. The lowest BCUT2D eigenvalue weighted by Gasteiger charge is -2.25. The number of nitrogens with zero attached hydrogens (tertiary/aromatic N) is 2. The summed E-state index contributed by atoms with van der Waals surface area (Å²) in [4.78, 5) is 30.8. The van der Waals surface area contributed by atoms with Gasteiger partial charge in [0.15, 0.2) is 11.5 Å². The van der Waals surface area contributed by atoms with Crippen molar-refractivity contribution in [3.8, 4) is 11.5 Å². The summed E-state index contributed by atoms with van der Waals surface area (Å²) in [6, 6.07) is 7.03. The molecule has 1 aromatic carbocycles. The summed E-state index contributed by atoms with van der Waals surface area (Å²) in [5, 5.41) is 21.0. The number of carbonyl (C=O) groups excluding carboxylic acids is 2. The van der Waals surface area contributed by atoms with Crippen LogP contribution in [0, 0.1) is 0 Å². The molecule has 1 aliphatic rings. The highest BCUT2D eigenvalue weighted by Crippen LogP contribution is 2.41. The summed E-state index contributed by atoms with van der Waals surface area (Å²) < 4.78 is 5.07. The van der Waals surface area contributed by atoms with E-state index in [1.165, 1.54) is 30.5 Å². The van der Waals surface area contributed by atoms with Crippen LogP contribution in [0.2, 0.25) is 0 Å². The fraction of sp³-hybridized carbons (Fsp3) is 0.286. The number of likely N-dealkylation sites (tertiary alicyclic amines) is 1. The van der Waals surface area contributed by atoms with E-state index in [0.717, 1.165) is 6.42 Å². The summed E-state index contributed by atoms with van der Waals surface area (Å²) in [6.07, 6.45) is 4.54. The number of phenols is 1. The first-order valence-electron chi connectivity index (χ1n) is 9.05. The SMILES string of the molecule is CCCCN1C(=O)C(=O)/C(=C(\O)c2ccncc2)C1c1ccc(OC)c(O)c1. The number of Topliss-reactive ketones (excluding diaryl/α,β-unsaturated/α-hetero) is 1. The second kappa shape index (κ2) is 8.12. The van der Waals surface area contributed by atoms with E-state index in [2.05, 4.69) is 4.98 Å². The van der Waals surface area contributed by atoms with Crippen LogP contribution in [0.5, 0.6) is 11.5 Å². The molecule has 1 aliphatic heterocycles. The number of aliphatic hydroxyl groups excluding tert-OH is 1. The molecule has 1 aromatic heterocycles. The maximum Gasteiger partial charge on any atom is 0.295 e. The second-order valence-corrected chi connectivity index (χ2v) is 6.51. The summed E-state index contributed by atoms with van der Waals surface area (Å²) in [7, 11) is 1.44. The van der Waals surface area contributed by atoms with Crippen LogP contribution in [0.15, 0.2) is 48.3 Å². The van der Waals surface area contributed by atoms with Gasteiger partial charge < -0.3 is 19.8 Å². The lowest BCUT2D eigenvalue weighted by Crippen LogP contribution is -2.30. The number of carbonyl (C=O) groups is 2. The summed E-state index contributed by atoms with van der Waals surface area (Å²) in [6.45, 7) is 2.35. The molecule has 7 heteroatoms. The zero-order valence-corrected chi connectivity index (χ0v) is 15.8. The van der Waals surface area contributed by atoms with Gasteiger partial charge in [0.05, 0.1) is 18.7 Å². The Kier molecular flexibility index (Phi) is 5.63. The highest BCUT2D eigenvalue weighted by Gasteiger charge is 2.45. The van der Waals surface area contributed by atoms with Gasteiger partial charge in [0, 0.05) is 24.5 Å². The fourth-order valence-corrected chi connectivity index (χ4v) is 3.33. The zero-order chi connectivity index (χ0) is 20.3. The topological polar surface area (TPSA) is 100.0 Å². The molecule has 1 saturated heterocycles. The van der Waals surface area contributed by atoms with E-state index >= 15 is 0 Å². The Morgan fingerprint density at radius 2 is 1.93 bits per heavy atom. The minimum atomic E-state index is -0.795. The third kappa shape index (κ3) is 3.43. The third-order valence-electron chi connectivity index (χ3n) is 4.76.